The third kappa shape index (κ3) is 4.50. The maximum Gasteiger partial charge on any atom is -0.0195 e. The highest BCUT2D eigenvalue weighted by atomic mass is 14.5. The molecule has 116 valence electrons. The SMILES string of the molecule is CCCCC(C)C(CC(C)C)(C(C)CC)C(C)(C)C. The molecule has 0 heterocycles. The van der Waals surface area contributed by atoms with E-state index in [9.17, 15) is 0 Å². The molecule has 0 N–H and O–H groups in total. The average molecular weight is 269 g/mol. The van der Waals surface area contributed by atoms with Gasteiger partial charge < -0.3 is 0 Å². The van der Waals surface area contributed by atoms with E-state index in [1.807, 2.05) is 0 Å². The highest BCUT2D eigenvalue weighted by Crippen LogP contribution is 2.56. The molecular formula is C19H40. The summed E-state index contributed by atoms with van der Waals surface area (Å²) in [5.74, 6) is 2.42. The molecule has 0 spiro atoms. The Labute approximate surface area is 123 Å². The van der Waals surface area contributed by atoms with Crippen molar-refractivity contribution in [2.45, 2.75) is 94.4 Å². The molecule has 0 aliphatic heterocycles. The van der Waals surface area contributed by atoms with Crippen LogP contribution < -0.4 is 0 Å². The van der Waals surface area contributed by atoms with Gasteiger partial charge in [-0.25, -0.2) is 0 Å². The lowest BCUT2D eigenvalue weighted by Gasteiger charge is -2.54. The van der Waals surface area contributed by atoms with Gasteiger partial charge in [0.1, 0.15) is 0 Å². The first-order chi connectivity index (χ1) is 8.63. The first-order valence-electron chi connectivity index (χ1n) is 8.63. The van der Waals surface area contributed by atoms with Gasteiger partial charge in [0.25, 0.3) is 0 Å². The molecule has 0 amide bonds. The Kier molecular flexibility index (Phi) is 7.70. The van der Waals surface area contributed by atoms with Crippen molar-refractivity contribution in [1.82, 2.24) is 0 Å². The largest absolute Gasteiger partial charge is 0.0654 e. The lowest BCUT2D eigenvalue weighted by atomic mass is 9.50. The molecule has 0 aromatic carbocycles. The van der Waals surface area contributed by atoms with Crippen molar-refractivity contribution in [2.24, 2.45) is 28.6 Å². The molecule has 3 atom stereocenters. The van der Waals surface area contributed by atoms with Gasteiger partial charge in [0.15, 0.2) is 0 Å². The molecule has 0 saturated carbocycles. The Morgan fingerprint density at radius 3 is 1.68 bits per heavy atom. The van der Waals surface area contributed by atoms with Crippen LogP contribution in [0.1, 0.15) is 94.4 Å². The van der Waals surface area contributed by atoms with Crippen LogP contribution in [0.15, 0.2) is 0 Å². The van der Waals surface area contributed by atoms with Gasteiger partial charge in [0.05, 0.1) is 0 Å². The molecule has 19 heavy (non-hydrogen) atoms. The molecule has 0 nitrogen and oxygen atoms in total. The van der Waals surface area contributed by atoms with E-state index < -0.39 is 0 Å². The van der Waals surface area contributed by atoms with E-state index in [1.165, 1.54) is 32.1 Å². The third-order valence-electron chi connectivity index (χ3n) is 5.50. The highest BCUT2D eigenvalue weighted by molar-refractivity contribution is 4.97. The van der Waals surface area contributed by atoms with Gasteiger partial charge in [-0.1, -0.05) is 88.0 Å². The van der Waals surface area contributed by atoms with E-state index in [4.69, 9.17) is 0 Å². The van der Waals surface area contributed by atoms with Crippen molar-refractivity contribution in [3.8, 4) is 0 Å². The normalized spacial score (nSPS) is 19.3. The Morgan fingerprint density at radius 1 is 0.842 bits per heavy atom. The molecule has 3 unspecified atom stereocenters. The lowest BCUT2D eigenvalue weighted by Crippen LogP contribution is -2.47. The zero-order chi connectivity index (χ0) is 15.3. The van der Waals surface area contributed by atoms with Crippen molar-refractivity contribution in [3.63, 3.8) is 0 Å². The molecule has 0 aliphatic rings. The van der Waals surface area contributed by atoms with Crippen LogP contribution in [0.4, 0.5) is 0 Å². The number of hydrogen-bond donors (Lipinski definition) is 0. The minimum atomic E-state index is 0.389. The highest BCUT2D eigenvalue weighted by Gasteiger charge is 2.48. The lowest BCUT2D eigenvalue weighted by molar-refractivity contribution is -0.0563. The zero-order valence-electron chi connectivity index (χ0n) is 15.3. The van der Waals surface area contributed by atoms with Crippen LogP contribution in [-0.2, 0) is 0 Å². The van der Waals surface area contributed by atoms with Crippen LogP contribution in [0.2, 0.25) is 0 Å². The zero-order valence-corrected chi connectivity index (χ0v) is 15.3. The summed E-state index contributed by atoms with van der Waals surface area (Å²) in [5.41, 5.74) is 0.866. The summed E-state index contributed by atoms with van der Waals surface area (Å²) in [6.07, 6.45) is 6.78. The first kappa shape index (κ1) is 19.0. The number of unbranched alkanes of at least 4 members (excludes halogenated alkanes) is 1. The second-order valence-electron chi connectivity index (χ2n) is 8.24. The van der Waals surface area contributed by atoms with Gasteiger partial charge in [-0.15, -0.1) is 0 Å². The maximum atomic E-state index is 2.52. The van der Waals surface area contributed by atoms with Gasteiger partial charge >= 0.3 is 0 Å². The number of rotatable bonds is 8. The predicted octanol–water partition coefficient (Wildman–Crippen LogP) is 6.94. The van der Waals surface area contributed by atoms with E-state index >= 15 is 0 Å². The van der Waals surface area contributed by atoms with Gasteiger partial charge in [0, 0.05) is 0 Å². The van der Waals surface area contributed by atoms with E-state index in [1.54, 1.807) is 0 Å². The predicted molar refractivity (Wildman–Crippen MR) is 89.5 cm³/mol. The molecule has 0 bridgehead atoms. The summed E-state index contributed by atoms with van der Waals surface area (Å²) >= 11 is 0. The molecular weight excluding hydrogens is 228 g/mol. The quantitative estimate of drug-likeness (QED) is 0.447. The summed E-state index contributed by atoms with van der Waals surface area (Å²) in [7, 11) is 0. The van der Waals surface area contributed by atoms with E-state index in [-0.39, 0.29) is 0 Å². The van der Waals surface area contributed by atoms with Crippen LogP contribution in [0, 0.1) is 28.6 Å². The Balaban J connectivity index is 5.48. The Hall–Kier alpha value is 0. The molecule has 0 rings (SSSR count). The molecule has 0 aromatic rings. The van der Waals surface area contributed by atoms with Crippen molar-refractivity contribution >= 4 is 0 Å². The van der Waals surface area contributed by atoms with Crippen LogP contribution in [-0.4, -0.2) is 0 Å². The van der Waals surface area contributed by atoms with Crippen LogP contribution >= 0.6 is 0 Å². The summed E-state index contributed by atoms with van der Waals surface area (Å²) < 4.78 is 0. The standard InChI is InChI=1S/C19H40/c1-10-12-13-17(6)19(14-15(3)4,16(5)11-2)18(7,8)9/h15-17H,10-14H2,1-9H3. The van der Waals surface area contributed by atoms with Crippen molar-refractivity contribution in [3.05, 3.63) is 0 Å². The van der Waals surface area contributed by atoms with Crippen LogP contribution in [0.3, 0.4) is 0 Å². The first-order valence-corrected chi connectivity index (χ1v) is 8.63. The van der Waals surface area contributed by atoms with Gasteiger partial charge in [-0.3, -0.25) is 0 Å². The maximum absolute atomic E-state index is 2.52. The summed E-state index contributed by atoms with van der Waals surface area (Å²) in [6, 6.07) is 0. The third-order valence-corrected chi connectivity index (χ3v) is 5.50. The average Bonchev–Trinajstić information content (AvgIpc) is 2.29. The summed E-state index contributed by atoms with van der Waals surface area (Å²) in [5, 5.41) is 0. The smallest absolute Gasteiger partial charge is 0.0195 e. The Morgan fingerprint density at radius 2 is 1.37 bits per heavy atom. The van der Waals surface area contributed by atoms with Crippen molar-refractivity contribution in [1.29, 1.82) is 0 Å². The second-order valence-corrected chi connectivity index (χ2v) is 8.24. The van der Waals surface area contributed by atoms with E-state index in [0.717, 1.165) is 17.8 Å². The molecule has 0 radical (unpaired) electrons. The van der Waals surface area contributed by atoms with Gasteiger partial charge in [0.2, 0.25) is 0 Å². The van der Waals surface area contributed by atoms with E-state index in [0.29, 0.717) is 10.8 Å². The van der Waals surface area contributed by atoms with Gasteiger partial charge in [-0.2, -0.15) is 0 Å². The summed E-state index contributed by atoms with van der Waals surface area (Å²) in [6.45, 7) is 21.9. The van der Waals surface area contributed by atoms with Crippen molar-refractivity contribution in [2.75, 3.05) is 0 Å². The fourth-order valence-electron chi connectivity index (χ4n) is 4.48. The van der Waals surface area contributed by atoms with Crippen LogP contribution in [0.5, 0.6) is 0 Å². The molecule has 0 aliphatic carbocycles. The summed E-state index contributed by atoms with van der Waals surface area (Å²) in [4.78, 5) is 0. The molecule has 0 heteroatoms. The fraction of sp³-hybridized carbons (Fsp3) is 1.00. The minimum Gasteiger partial charge on any atom is -0.0654 e. The molecule has 0 saturated heterocycles. The fourth-order valence-corrected chi connectivity index (χ4v) is 4.48. The molecule has 0 fully saturated rings. The van der Waals surface area contributed by atoms with Crippen molar-refractivity contribution < 1.29 is 0 Å². The van der Waals surface area contributed by atoms with Crippen LogP contribution in [0.25, 0.3) is 0 Å². The topological polar surface area (TPSA) is 0 Å². The molecule has 0 aromatic heterocycles. The van der Waals surface area contributed by atoms with Gasteiger partial charge in [-0.05, 0) is 35.0 Å². The number of hydrogen-bond acceptors (Lipinski definition) is 0. The van der Waals surface area contributed by atoms with E-state index in [2.05, 4.69) is 62.3 Å². The second kappa shape index (κ2) is 7.70. The Bertz CT molecular complexity index is 233. The monoisotopic (exact) mass is 268 g/mol. The minimum absolute atomic E-state index is 0.389.